The Morgan fingerprint density at radius 1 is 1.86 bits per heavy atom. The Kier molecular flexibility index (Phi) is 4.11. The predicted octanol–water partition coefficient (Wildman–Crippen LogP) is -2.38. The molecule has 0 atom stereocenters. The Balaban J connectivity index is 3.29. The summed E-state index contributed by atoms with van der Waals surface area (Å²) in [6, 6.07) is 0. The van der Waals surface area contributed by atoms with Gasteiger partial charge in [-0.1, -0.05) is 0 Å². The van der Waals surface area contributed by atoms with E-state index in [1.54, 1.807) is 7.11 Å². The summed E-state index contributed by atoms with van der Waals surface area (Å²) in [7, 11) is 1.61. The normalized spacial score (nSPS) is 11.0. The highest BCUT2D eigenvalue weighted by Gasteiger charge is 1.97. The van der Waals surface area contributed by atoms with E-state index in [0.29, 0.717) is 0 Å². The molecule has 3 nitrogen and oxygen atoms in total. The van der Waals surface area contributed by atoms with Crippen molar-refractivity contribution in [1.82, 2.24) is 0 Å². The number of hydrogen-bond donors (Lipinski definition) is 2. The molecule has 0 aliphatic heterocycles. The third-order valence-electron chi connectivity index (χ3n) is 0.593. The summed E-state index contributed by atoms with van der Waals surface area (Å²) >= 11 is -0.162. The van der Waals surface area contributed by atoms with Crippen LogP contribution in [0.3, 0.4) is 0 Å². The largest absolute Gasteiger partial charge is 0.892 e. The maximum atomic E-state index is 5.18. The van der Waals surface area contributed by atoms with Gasteiger partial charge in [-0.25, -0.2) is 0 Å². The Hall–Kier alpha value is -0.0375. The van der Waals surface area contributed by atoms with Crippen molar-refractivity contribution in [3.63, 3.8) is 0 Å². The fraction of sp³-hybridized carbons (Fsp3) is 0.667. The first kappa shape index (κ1) is 6.96. The molecular formula is C3H9AlN2O+. The first-order chi connectivity index (χ1) is 3.31. The second kappa shape index (κ2) is 4.13. The topological polar surface area (TPSA) is 49.2 Å². The lowest BCUT2D eigenvalue weighted by Gasteiger charge is -1.86. The van der Waals surface area contributed by atoms with E-state index < -0.39 is 0 Å². The van der Waals surface area contributed by atoms with Crippen molar-refractivity contribution in [2.45, 2.75) is 6.92 Å². The van der Waals surface area contributed by atoms with Crippen LogP contribution in [-0.4, -0.2) is 28.7 Å². The van der Waals surface area contributed by atoms with Gasteiger partial charge in [-0.3, -0.25) is 0 Å². The van der Waals surface area contributed by atoms with Crippen molar-refractivity contribution in [3.05, 3.63) is 0 Å². The quantitative estimate of drug-likeness (QED) is 0.228. The first-order valence-electron chi connectivity index (χ1n) is 1.98. The van der Waals surface area contributed by atoms with E-state index in [1.165, 1.54) is 0 Å². The molecule has 1 radical (unpaired) electrons. The van der Waals surface area contributed by atoms with Crippen LogP contribution in [0.2, 0.25) is 0 Å². The number of methoxy groups -OCH3 is 1. The number of nitrogens with two attached hydrogens (primary N) is 1. The van der Waals surface area contributed by atoms with E-state index in [1.807, 2.05) is 6.92 Å². The van der Waals surface area contributed by atoms with E-state index in [4.69, 9.17) is 9.45 Å². The van der Waals surface area contributed by atoms with Crippen LogP contribution in [0.4, 0.5) is 0 Å². The Labute approximate surface area is 49.7 Å². The highest BCUT2D eigenvalue weighted by Crippen LogP contribution is 1.56. The van der Waals surface area contributed by atoms with Crippen LogP contribution >= 0.6 is 0 Å². The molecule has 0 saturated carbocycles. The van der Waals surface area contributed by atoms with Gasteiger partial charge >= 0.3 is 15.7 Å². The molecule has 0 aliphatic carbocycles. The predicted molar refractivity (Wildman–Crippen MR) is 28.6 cm³/mol. The molecule has 0 fully saturated rings. The number of hydrogen-bond acceptors (Lipinski definition) is 2. The molecular weight excluding hydrogens is 107 g/mol. The van der Waals surface area contributed by atoms with E-state index >= 15 is 0 Å². The molecule has 0 unspecified atom stereocenters. The summed E-state index contributed by atoms with van der Waals surface area (Å²) in [5, 5.41) is 0. The van der Waals surface area contributed by atoms with Crippen molar-refractivity contribution in [1.29, 1.82) is 0 Å². The zero-order chi connectivity index (χ0) is 5.70. The van der Waals surface area contributed by atoms with Gasteiger partial charge in [0.15, 0.2) is 0 Å². The molecule has 39 valence electrons. The van der Waals surface area contributed by atoms with Crippen molar-refractivity contribution in [2.75, 3.05) is 7.11 Å². The minimum atomic E-state index is -0.162. The Bertz CT molecular complexity index is 73.3. The van der Waals surface area contributed by atoms with Crippen LogP contribution in [0.25, 0.3) is 0 Å². The lowest BCUT2D eigenvalue weighted by atomic mass is 10.8. The standard InChI is InChI=1S/C3H7NO.Al.H2N/c1-3(4)5-2;;/h4H,1-2H3;;1H2/q;+2;-1. The first-order valence-corrected chi connectivity index (χ1v) is 3.23. The summed E-state index contributed by atoms with van der Waals surface area (Å²) in [4.78, 5) is 0. The van der Waals surface area contributed by atoms with E-state index in [2.05, 4.69) is 3.98 Å². The van der Waals surface area contributed by atoms with Crippen molar-refractivity contribution < 1.29 is 8.71 Å². The maximum absolute atomic E-state index is 5.18. The number of ether oxygens (including phenoxy) is 1. The molecule has 0 aromatic heterocycles. The van der Waals surface area contributed by atoms with Gasteiger partial charge in [0.05, 0.1) is 14.0 Å². The van der Waals surface area contributed by atoms with Gasteiger partial charge < -0.3 is 13.4 Å². The Morgan fingerprint density at radius 2 is 2.43 bits per heavy atom. The molecule has 0 aromatic carbocycles. The zero-order valence-corrected chi connectivity index (χ0v) is 5.72. The van der Waals surface area contributed by atoms with E-state index in [0.717, 1.165) is 5.90 Å². The molecule has 0 spiro atoms. The van der Waals surface area contributed by atoms with E-state index in [9.17, 15) is 0 Å². The molecule has 0 rings (SSSR count). The monoisotopic (exact) mass is 116 g/mol. The minimum Gasteiger partial charge on any atom is -0.455 e. The molecule has 0 saturated heterocycles. The average molecular weight is 116 g/mol. The van der Waals surface area contributed by atoms with Crippen LogP contribution in [0.5, 0.6) is 0 Å². The van der Waals surface area contributed by atoms with Gasteiger partial charge in [0.1, 0.15) is 0 Å². The molecule has 0 bridgehead atoms. The zero-order valence-electron chi connectivity index (χ0n) is 4.56. The second-order valence-corrected chi connectivity index (χ2v) is 1.69. The van der Waals surface area contributed by atoms with E-state index in [-0.39, 0.29) is 15.7 Å². The number of rotatable bonds is 1. The lowest BCUT2D eigenvalue weighted by Crippen LogP contribution is -2.78. The van der Waals surface area contributed by atoms with Crippen molar-refractivity contribution >= 4 is 21.6 Å². The minimum absolute atomic E-state index is 0.162. The van der Waals surface area contributed by atoms with Crippen molar-refractivity contribution in [3.8, 4) is 0 Å². The van der Waals surface area contributed by atoms with Crippen LogP contribution in [-0.2, 0) is 4.74 Å². The molecule has 0 amide bonds. The van der Waals surface area contributed by atoms with Gasteiger partial charge in [0.25, 0.3) is 5.90 Å². The third-order valence-corrected chi connectivity index (χ3v) is 1.17. The fourth-order valence-electron chi connectivity index (χ4n) is 0.176. The maximum Gasteiger partial charge on any atom is 0.892 e. The van der Waals surface area contributed by atoms with Gasteiger partial charge in [0, 0.05) is 0 Å². The molecule has 0 heterocycles. The highest BCUT2D eigenvalue weighted by atomic mass is 27.1. The van der Waals surface area contributed by atoms with Crippen LogP contribution in [0.1, 0.15) is 6.92 Å². The average Bonchev–Trinajstić information content (AvgIpc) is 1.68. The summed E-state index contributed by atoms with van der Waals surface area (Å²) in [6.07, 6.45) is 0. The van der Waals surface area contributed by atoms with Crippen LogP contribution in [0.15, 0.2) is 0 Å². The highest BCUT2D eigenvalue weighted by molar-refractivity contribution is 6.19. The Morgan fingerprint density at radius 3 is 2.57 bits per heavy atom. The molecule has 7 heavy (non-hydrogen) atoms. The van der Waals surface area contributed by atoms with Gasteiger partial charge in [-0.05, 0) is 0 Å². The van der Waals surface area contributed by atoms with Crippen molar-refractivity contribution in [2.24, 2.45) is 4.72 Å². The summed E-state index contributed by atoms with van der Waals surface area (Å²) in [6.45, 7) is 1.83. The van der Waals surface area contributed by atoms with Crippen LogP contribution in [0, 0.1) is 0 Å². The van der Waals surface area contributed by atoms with Gasteiger partial charge in [0.2, 0.25) is 0 Å². The molecule has 0 aliphatic rings. The SMILES string of the molecule is COC(C)=[NH+][Al][NH2]. The summed E-state index contributed by atoms with van der Waals surface area (Å²) < 4.78 is 12.8. The number of nitrogens with one attached hydrogen (secondary N) is 1. The van der Waals surface area contributed by atoms with Gasteiger partial charge in [-0.2, -0.15) is 0 Å². The van der Waals surface area contributed by atoms with Gasteiger partial charge in [-0.15, -0.1) is 0 Å². The second-order valence-electron chi connectivity index (χ2n) is 1.07. The molecule has 0 aromatic rings. The molecule has 4 heteroatoms. The molecule has 3 N–H and O–H groups in total. The smallest absolute Gasteiger partial charge is 0.455 e. The van der Waals surface area contributed by atoms with Crippen LogP contribution < -0.4 is 8.69 Å². The summed E-state index contributed by atoms with van der Waals surface area (Å²) in [5.74, 6) is 0.789. The lowest BCUT2D eigenvalue weighted by molar-refractivity contribution is -0.301. The third kappa shape index (κ3) is 3.80. The fourth-order valence-corrected chi connectivity index (χ4v) is 0.529. The summed E-state index contributed by atoms with van der Waals surface area (Å²) in [5.41, 5.74) is 0.